The molecule has 4 aromatic rings. The molecule has 2 fully saturated rings. The van der Waals surface area contributed by atoms with Gasteiger partial charge in [0.15, 0.2) is 0 Å². The molecule has 0 bridgehead atoms. The van der Waals surface area contributed by atoms with Crippen molar-refractivity contribution in [3.63, 3.8) is 0 Å². The van der Waals surface area contributed by atoms with Crippen LogP contribution < -0.4 is 0 Å². The van der Waals surface area contributed by atoms with Crippen LogP contribution in [-0.4, -0.2) is 34.6 Å². The quantitative estimate of drug-likeness (QED) is 0.370. The zero-order chi connectivity index (χ0) is 22.6. The molecular weight excluding hydrogens is 436 g/mol. The van der Waals surface area contributed by atoms with E-state index in [9.17, 15) is 8.42 Å². The Hall–Kier alpha value is -2.97. The monoisotopic (exact) mass is 462 g/mol. The fourth-order valence-electron chi connectivity index (χ4n) is 4.57. The van der Waals surface area contributed by atoms with E-state index in [-0.39, 0.29) is 23.5 Å². The molecule has 0 atom stereocenters. The lowest BCUT2D eigenvalue weighted by molar-refractivity contribution is 0.120. The molecule has 8 heteroatoms. The van der Waals surface area contributed by atoms with Crippen molar-refractivity contribution >= 4 is 21.0 Å². The molecule has 2 saturated carbocycles. The first-order chi connectivity index (χ1) is 16.0. The van der Waals surface area contributed by atoms with Crippen molar-refractivity contribution in [3.05, 3.63) is 72.2 Å². The molecular formula is C25H26N4O3S. The lowest BCUT2D eigenvalue weighted by Crippen LogP contribution is -2.31. The zero-order valence-corrected chi connectivity index (χ0v) is 19.3. The van der Waals surface area contributed by atoms with Crippen LogP contribution in [0.25, 0.3) is 16.6 Å². The van der Waals surface area contributed by atoms with Crippen LogP contribution in [0.1, 0.15) is 48.9 Å². The second-order valence-corrected chi connectivity index (χ2v) is 10.9. The normalized spacial score (nSPS) is 20.8. The number of rotatable bonds is 7. The maximum absolute atomic E-state index is 12.5. The zero-order valence-electron chi connectivity index (χ0n) is 18.5. The summed E-state index contributed by atoms with van der Waals surface area (Å²) in [5.74, 6) is 0.709. The van der Waals surface area contributed by atoms with E-state index in [1.807, 2.05) is 29.9 Å². The van der Waals surface area contributed by atoms with Crippen LogP contribution in [0.3, 0.4) is 0 Å². The first kappa shape index (κ1) is 20.6. The summed E-state index contributed by atoms with van der Waals surface area (Å²) in [5, 5.41) is 10.7. The molecule has 170 valence electrons. The lowest BCUT2D eigenvalue weighted by atomic mass is 9.81. The van der Waals surface area contributed by atoms with Crippen molar-refractivity contribution < 1.29 is 12.6 Å². The Morgan fingerprint density at radius 2 is 1.82 bits per heavy atom. The van der Waals surface area contributed by atoms with E-state index in [1.54, 1.807) is 24.3 Å². The van der Waals surface area contributed by atoms with Gasteiger partial charge in [-0.2, -0.15) is 18.6 Å². The van der Waals surface area contributed by atoms with Gasteiger partial charge in [-0.15, -0.1) is 0 Å². The first-order valence-electron chi connectivity index (χ1n) is 11.5. The summed E-state index contributed by atoms with van der Waals surface area (Å²) in [7, 11) is -3.72. The van der Waals surface area contributed by atoms with E-state index in [0.29, 0.717) is 5.92 Å². The summed E-state index contributed by atoms with van der Waals surface area (Å²) in [6.45, 7) is 2.13. The van der Waals surface area contributed by atoms with Gasteiger partial charge in [-0.1, -0.05) is 35.9 Å². The molecule has 7 nitrogen and oxygen atoms in total. The summed E-state index contributed by atoms with van der Waals surface area (Å²) in [6.07, 6.45) is 8.05. The molecule has 2 heterocycles. The van der Waals surface area contributed by atoms with Crippen LogP contribution in [0, 0.1) is 12.8 Å². The van der Waals surface area contributed by atoms with E-state index < -0.39 is 10.1 Å². The third kappa shape index (κ3) is 3.87. The van der Waals surface area contributed by atoms with Crippen LogP contribution in [-0.2, 0) is 14.3 Å². The molecule has 2 aromatic carbocycles. The first-order valence-corrected chi connectivity index (χ1v) is 12.9. The number of para-hydroxylation sites is 1. The van der Waals surface area contributed by atoms with Crippen LogP contribution >= 0.6 is 0 Å². The molecule has 6 rings (SSSR count). The van der Waals surface area contributed by atoms with Crippen LogP contribution in [0.15, 0.2) is 65.8 Å². The number of hydrogen-bond acceptors (Lipinski definition) is 5. The Kier molecular flexibility index (Phi) is 4.88. The van der Waals surface area contributed by atoms with Gasteiger partial charge in [-0.3, -0.25) is 8.86 Å². The highest BCUT2D eigenvalue weighted by molar-refractivity contribution is 7.86. The number of nitrogens with zero attached hydrogens (tertiary/aromatic N) is 4. The molecule has 33 heavy (non-hydrogen) atoms. The van der Waals surface area contributed by atoms with E-state index in [4.69, 9.17) is 9.28 Å². The second kappa shape index (κ2) is 7.81. The van der Waals surface area contributed by atoms with Crippen LogP contribution in [0.4, 0.5) is 0 Å². The van der Waals surface area contributed by atoms with E-state index in [1.165, 1.54) is 12.8 Å². The van der Waals surface area contributed by atoms with E-state index in [0.717, 1.165) is 40.7 Å². The summed E-state index contributed by atoms with van der Waals surface area (Å²) >= 11 is 0. The Morgan fingerprint density at radius 3 is 2.58 bits per heavy atom. The van der Waals surface area contributed by atoms with Crippen molar-refractivity contribution in [2.45, 2.75) is 49.5 Å². The number of fused-ring (bicyclic) bond motifs is 1. The Bertz CT molecular complexity index is 1410. The van der Waals surface area contributed by atoms with Gasteiger partial charge in [0, 0.05) is 11.3 Å². The molecule has 0 unspecified atom stereocenters. The lowest BCUT2D eigenvalue weighted by Gasteiger charge is -2.34. The summed E-state index contributed by atoms with van der Waals surface area (Å²) < 4.78 is 34.3. The minimum Gasteiger partial charge on any atom is -0.267 e. The van der Waals surface area contributed by atoms with Crippen LogP contribution in [0.5, 0.6) is 0 Å². The van der Waals surface area contributed by atoms with Gasteiger partial charge in [0.2, 0.25) is 0 Å². The highest BCUT2D eigenvalue weighted by atomic mass is 32.2. The van der Waals surface area contributed by atoms with E-state index in [2.05, 4.69) is 28.1 Å². The molecule has 0 radical (unpaired) electrons. The number of aryl methyl sites for hydroxylation is 1. The maximum atomic E-state index is 12.5. The van der Waals surface area contributed by atoms with Crippen molar-refractivity contribution in [2.24, 2.45) is 5.92 Å². The number of benzene rings is 2. The fourth-order valence-corrected chi connectivity index (χ4v) is 5.55. The topological polar surface area (TPSA) is 79.0 Å². The molecule has 0 aliphatic heterocycles. The minimum atomic E-state index is -3.72. The smallest absolute Gasteiger partial charge is 0.267 e. The largest absolute Gasteiger partial charge is 0.296 e. The maximum Gasteiger partial charge on any atom is 0.296 e. The van der Waals surface area contributed by atoms with Gasteiger partial charge in [-0.25, -0.2) is 4.68 Å². The van der Waals surface area contributed by atoms with Crippen molar-refractivity contribution in [2.75, 3.05) is 6.61 Å². The predicted octanol–water partition coefficient (Wildman–Crippen LogP) is 4.76. The van der Waals surface area contributed by atoms with E-state index >= 15 is 0 Å². The van der Waals surface area contributed by atoms with Gasteiger partial charge >= 0.3 is 0 Å². The molecule has 2 aliphatic rings. The Labute approximate surface area is 193 Å². The SMILES string of the molecule is Cc1ccc(S(=O)(=O)OC[C@H]2C[C@H](n3cc(-n4ncc5ccccc54)c(C4CC4)n3)C2)cc1. The Morgan fingerprint density at radius 1 is 1.06 bits per heavy atom. The number of hydrogen-bond donors (Lipinski definition) is 0. The van der Waals surface area contributed by atoms with Crippen LogP contribution in [0.2, 0.25) is 0 Å². The highest BCUT2D eigenvalue weighted by Gasteiger charge is 2.36. The molecule has 0 spiro atoms. The van der Waals surface area contributed by atoms with Gasteiger partial charge in [0.25, 0.3) is 10.1 Å². The minimum absolute atomic E-state index is 0.206. The molecule has 0 amide bonds. The van der Waals surface area contributed by atoms with Gasteiger partial charge < -0.3 is 0 Å². The van der Waals surface area contributed by atoms with Crippen molar-refractivity contribution in [1.29, 1.82) is 0 Å². The summed E-state index contributed by atoms with van der Waals surface area (Å²) in [4.78, 5) is 0.209. The third-order valence-electron chi connectivity index (χ3n) is 6.76. The average Bonchev–Trinajstić information content (AvgIpc) is 3.39. The number of aromatic nitrogens is 4. The predicted molar refractivity (Wildman–Crippen MR) is 125 cm³/mol. The molecule has 0 saturated heterocycles. The van der Waals surface area contributed by atoms with Gasteiger partial charge in [-0.05, 0) is 56.7 Å². The van der Waals surface area contributed by atoms with Crippen molar-refractivity contribution in [3.8, 4) is 5.69 Å². The second-order valence-electron chi connectivity index (χ2n) is 9.31. The van der Waals surface area contributed by atoms with Crippen molar-refractivity contribution in [1.82, 2.24) is 19.6 Å². The fraction of sp³-hybridized carbons (Fsp3) is 0.360. The molecule has 0 N–H and O–H groups in total. The summed E-state index contributed by atoms with van der Waals surface area (Å²) in [6, 6.07) is 15.2. The standard InChI is InChI=1S/C25H26N4O3S/c1-17-6-10-22(11-7-17)33(30,31)32-16-18-12-21(13-18)28-15-24(25(27-28)19-8-9-19)29-23-5-3-2-4-20(23)14-26-29/h2-7,10-11,14-15,18-19,21H,8-9,12-13,16H2,1H3/t18-,21-. The van der Waals surface area contributed by atoms with Gasteiger partial charge in [0.1, 0.15) is 5.69 Å². The molecule has 2 aliphatic carbocycles. The summed E-state index contributed by atoms with van der Waals surface area (Å²) in [5.41, 5.74) is 4.27. The Balaban J connectivity index is 1.15. The highest BCUT2D eigenvalue weighted by Crippen LogP contribution is 2.44. The third-order valence-corrected chi connectivity index (χ3v) is 8.06. The average molecular weight is 463 g/mol. The van der Waals surface area contributed by atoms with Gasteiger partial charge in [0.05, 0.1) is 41.1 Å². The molecule has 2 aromatic heterocycles.